The lowest BCUT2D eigenvalue weighted by atomic mass is 9.81. The minimum atomic E-state index is -4.37. The summed E-state index contributed by atoms with van der Waals surface area (Å²) in [5.74, 6) is -7.18. The van der Waals surface area contributed by atoms with Gasteiger partial charge in [0.2, 0.25) is 27.7 Å². The van der Waals surface area contributed by atoms with Crippen LogP contribution in [0, 0.1) is 29.1 Å². The zero-order chi connectivity index (χ0) is 42.4. The topological polar surface area (TPSA) is 158 Å². The summed E-state index contributed by atoms with van der Waals surface area (Å²) >= 11 is 0. The molecule has 320 valence electrons. The Morgan fingerprint density at radius 3 is 2.34 bits per heavy atom. The van der Waals surface area contributed by atoms with Gasteiger partial charge in [0.15, 0.2) is 11.4 Å². The maximum absolute atomic E-state index is 14.9. The molecule has 0 unspecified atom stereocenters. The molecule has 16 heteroatoms. The number of carbonyl (C=O) groups is 4. The van der Waals surface area contributed by atoms with Crippen LogP contribution >= 0.6 is 0 Å². The highest BCUT2D eigenvalue weighted by Crippen LogP contribution is 2.59. The lowest BCUT2D eigenvalue weighted by Gasteiger charge is -2.34. The number of halogens is 3. The Kier molecular flexibility index (Phi) is 12.2. The Labute approximate surface area is 338 Å². The van der Waals surface area contributed by atoms with Crippen molar-refractivity contribution in [3.63, 3.8) is 0 Å². The first kappa shape index (κ1) is 43.6. The summed E-state index contributed by atoms with van der Waals surface area (Å²) in [4.78, 5) is 62.8. The largest absolute Gasteiger partial charge is 0.494 e. The van der Waals surface area contributed by atoms with Gasteiger partial charge in [0.05, 0.1) is 43.6 Å². The minimum absolute atomic E-state index is 0.00469. The van der Waals surface area contributed by atoms with Gasteiger partial charge in [0.1, 0.15) is 23.3 Å². The number of nitrogens with zero attached hydrogens (tertiary/aromatic N) is 2. The van der Waals surface area contributed by atoms with Crippen molar-refractivity contribution in [2.75, 3.05) is 20.3 Å². The predicted molar refractivity (Wildman–Crippen MR) is 208 cm³/mol. The number of nitrogens with one attached hydrogen (secondary N) is 1. The molecule has 6 rings (SSSR count). The van der Waals surface area contributed by atoms with Crippen LogP contribution in [0.25, 0.3) is 10.8 Å². The Morgan fingerprint density at radius 1 is 1.03 bits per heavy atom. The van der Waals surface area contributed by atoms with E-state index in [0.29, 0.717) is 37.3 Å². The number of ketones is 1. The summed E-state index contributed by atoms with van der Waals surface area (Å²) in [6.45, 7) is 5.50. The third-order valence-corrected chi connectivity index (χ3v) is 15.4. The second-order valence-corrected chi connectivity index (χ2v) is 20.0. The van der Waals surface area contributed by atoms with Gasteiger partial charge in [0.25, 0.3) is 5.92 Å². The number of sulfonamides is 1. The first-order valence-corrected chi connectivity index (χ1v) is 21.8. The van der Waals surface area contributed by atoms with Crippen molar-refractivity contribution < 1.29 is 55.0 Å². The standard InChI is InChI=1S/C42H56F3N3O9S/c1-25-11-7-8-12-27-20-42(27,38(52)47-58(53,54)41(24-43)15-16-41)21-33(49)32-18-28(56-36-30-14-10-9-13-29(30)34(55-6)22-46-36)23-48(32)37(51)31(26(2)17-25)19-35(50)57-39(3,4)40(5,44)45/h9-10,13-14,22,25-28,31-32H,7-8,11-12,15-21,23-24H2,1-6H3,(H,47,52)/t25-,26-,27-,28-,31+,32+,42-/m1/s1. The average molecular weight is 836 g/mol. The summed E-state index contributed by atoms with van der Waals surface area (Å²) < 4.78 is 86.9. The lowest BCUT2D eigenvalue weighted by Crippen LogP contribution is -2.49. The Bertz CT molecular complexity index is 2020. The molecular formula is C42H56F3N3O9S. The van der Waals surface area contributed by atoms with Gasteiger partial charge in [-0.15, -0.1) is 0 Å². The fourth-order valence-corrected chi connectivity index (χ4v) is 10.3. The molecule has 4 fully saturated rings. The van der Waals surface area contributed by atoms with Crippen LogP contribution in [-0.2, 0) is 33.9 Å². The van der Waals surface area contributed by atoms with Gasteiger partial charge >= 0.3 is 5.97 Å². The summed E-state index contributed by atoms with van der Waals surface area (Å²) in [7, 11) is -2.85. The molecule has 4 aliphatic rings. The van der Waals surface area contributed by atoms with Crippen LogP contribution in [0.5, 0.6) is 11.6 Å². The number of benzene rings is 1. The van der Waals surface area contributed by atoms with E-state index in [-0.39, 0.29) is 56.4 Å². The van der Waals surface area contributed by atoms with Gasteiger partial charge in [-0.1, -0.05) is 51.3 Å². The molecule has 58 heavy (non-hydrogen) atoms. The van der Waals surface area contributed by atoms with Crippen LogP contribution in [0.2, 0.25) is 0 Å². The third kappa shape index (κ3) is 8.67. The SMILES string of the molecule is COc1cnc(O[C@@H]2C[C@H]3C(=O)C[C@]4(C(=O)NS(=O)(=O)C5(CF)CC5)C[C@H]4CCCC[C@@H](C)C[C@@H](C)[C@H](CC(=O)OC(C)(C)C(C)(F)F)C(=O)N3C2)c2ccccc12. The smallest absolute Gasteiger partial charge is 0.307 e. The summed E-state index contributed by atoms with van der Waals surface area (Å²) in [6, 6.07) is 6.13. The molecule has 2 aromatic rings. The van der Waals surface area contributed by atoms with E-state index in [1.54, 1.807) is 12.1 Å². The minimum Gasteiger partial charge on any atom is -0.494 e. The van der Waals surface area contributed by atoms with Crippen molar-refractivity contribution in [1.82, 2.24) is 14.6 Å². The van der Waals surface area contributed by atoms with Crippen molar-refractivity contribution in [2.45, 2.75) is 134 Å². The molecule has 12 nitrogen and oxygen atoms in total. The number of amides is 2. The number of esters is 1. The number of Topliss-reactive ketones (excluding diaryl/α,β-unsaturated/α-hetero) is 1. The molecule has 7 atom stereocenters. The fourth-order valence-electron chi connectivity index (χ4n) is 8.84. The summed E-state index contributed by atoms with van der Waals surface area (Å²) in [5, 5.41) is 1.35. The Morgan fingerprint density at radius 2 is 1.71 bits per heavy atom. The molecule has 1 N–H and O–H groups in total. The van der Waals surface area contributed by atoms with Crippen molar-refractivity contribution in [3.8, 4) is 11.6 Å². The van der Waals surface area contributed by atoms with Gasteiger partial charge < -0.3 is 19.1 Å². The molecule has 2 saturated carbocycles. The zero-order valence-electron chi connectivity index (χ0n) is 34.2. The van der Waals surface area contributed by atoms with E-state index in [1.165, 1.54) is 18.2 Å². The molecule has 2 aliphatic heterocycles. The molecule has 2 saturated heterocycles. The number of hydrogen-bond donors (Lipinski definition) is 1. The molecule has 0 radical (unpaired) electrons. The highest BCUT2D eigenvalue weighted by atomic mass is 32.2. The number of rotatable bonds is 11. The molecule has 1 aromatic heterocycles. The maximum atomic E-state index is 14.9. The lowest BCUT2D eigenvalue weighted by molar-refractivity contribution is -0.197. The van der Waals surface area contributed by atoms with E-state index < -0.39 is 92.4 Å². The van der Waals surface area contributed by atoms with E-state index >= 15 is 0 Å². The number of pyridine rings is 1. The van der Waals surface area contributed by atoms with Crippen molar-refractivity contribution >= 4 is 44.4 Å². The average Bonchev–Trinajstić information content (AvgIpc) is 4.06. The van der Waals surface area contributed by atoms with Gasteiger partial charge in [0, 0.05) is 30.5 Å². The van der Waals surface area contributed by atoms with Crippen LogP contribution < -0.4 is 14.2 Å². The van der Waals surface area contributed by atoms with E-state index in [2.05, 4.69) is 9.71 Å². The molecule has 3 heterocycles. The van der Waals surface area contributed by atoms with Gasteiger partial charge in [-0.2, -0.15) is 0 Å². The van der Waals surface area contributed by atoms with Crippen molar-refractivity contribution in [1.29, 1.82) is 0 Å². The number of carbonyl (C=O) groups excluding carboxylic acids is 4. The molecule has 0 bridgehead atoms. The summed E-state index contributed by atoms with van der Waals surface area (Å²) in [6.07, 6.45) is 3.59. The second kappa shape index (κ2) is 16.2. The van der Waals surface area contributed by atoms with Crippen molar-refractivity contribution in [3.05, 3.63) is 30.5 Å². The Hall–Kier alpha value is -3.95. The van der Waals surface area contributed by atoms with Crippen LogP contribution in [0.3, 0.4) is 0 Å². The Balaban J connectivity index is 1.35. The van der Waals surface area contributed by atoms with Crippen LogP contribution in [0.15, 0.2) is 30.5 Å². The molecule has 0 spiro atoms. The van der Waals surface area contributed by atoms with E-state index in [0.717, 1.165) is 32.1 Å². The van der Waals surface area contributed by atoms with Gasteiger partial charge in [-0.05, 0) is 69.8 Å². The number of aromatic nitrogens is 1. The number of hydrogen-bond acceptors (Lipinski definition) is 10. The highest BCUT2D eigenvalue weighted by Gasteiger charge is 2.64. The molecular weight excluding hydrogens is 780 g/mol. The number of ether oxygens (including phenoxy) is 3. The number of methoxy groups -OCH3 is 1. The van der Waals surface area contributed by atoms with Crippen molar-refractivity contribution in [2.24, 2.45) is 29.1 Å². The normalized spacial score (nSPS) is 29.4. The third-order valence-electron chi connectivity index (χ3n) is 13.3. The maximum Gasteiger partial charge on any atom is 0.307 e. The predicted octanol–water partition coefficient (Wildman–Crippen LogP) is 6.72. The molecule has 2 aliphatic carbocycles. The van der Waals surface area contributed by atoms with E-state index in [9.17, 15) is 40.8 Å². The molecule has 2 amide bonds. The second-order valence-electron chi connectivity index (χ2n) is 17.9. The fraction of sp³-hybridized carbons (Fsp3) is 0.690. The zero-order valence-corrected chi connectivity index (χ0v) is 35.0. The van der Waals surface area contributed by atoms with Crippen LogP contribution in [0.4, 0.5) is 13.2 Å². The first-order chi connectivity index (χ1) is 27.2. The van der Waals surface area contributed by atoms with Crippen LogP contribution in [-0.4, -0.2) is 90.6 Å². The van der Waals surface area contributed by atoms with E-state index in [4.69, 9.17) is 14.2 Å². The summed E-state index contributed by atoms with van der Waals surface area (Å²) in [5.41, 5.74) is -3.54. The quantitative estimate of drug-likeness (QED) is 0.241. The van der Waals surface area contributed by atoms with Crippen LogP contribution in [0.1, 0.15) is 105 Å². The van der Waals surface area contributed by atoms with Gasteiger partial charge in [-0.3, -0.25) is 23.9 Å². The van der Waals surface area contributed by atoms with E-state index in [1.807, 2.05) is 26.0 Å². The highest BCUT2D eigenvalue weighted by molar-refractivity contribution is 7.91. The van der Waals surface area contributed by atoms with Gasteiger partial charge in [-0.25, -0.2) is 26.6 Å². The number of fused-ring (bicyclic) bond motifs is 3. The molecule has 1 aromatic carbocycles. The number of alkyl halides is 3. The monoisotopic (exact) mass is 835 g/mol. The first-order valence-electron chi connectivity index (χ1n) is 20.3.